The molecule has 1 aliphatic heterocycles. The molecule has 5 rings (SSSR count). The summed E-state index contributed by atoms with van der Waals surface area (Å²) in [5, 5.41) is 3.34. The fourth-order valence-electron chi connectivity index (χ4n) is 4.52. The van der Waals surface area contributed by atoms with Gasteiger partial charge in [0.25, 0.3) is 0 Å². The van der Waals surface area contributed by atoms with Crippen molar-refractivity contribution >= 4 is 29.0 Å². The van der Waals surface area contributed by atoms with E-state index < -0.39 is 11.5 Å². The summed E-state index contributed by atoms with van der Waals surface area (Å²) in [5.74, 6) is -0.732. The summed E-state index contributed by atoms with van der Waals surface area (Å²) in [5.41, 5.74) is 2.29. The fourth-order valence-corrected chi connectivity index (χ4v) is 4.69. The molecule has 3 aromatic rings. The van der Waals surface area contributed by atoms with Crippen LogP contribution in [-0.2, 0) is 16.0 Å². The van der Waals surface area contributed by atoms with Gasteiger partial charge in [-0.2, -0.15) is 4.39 Å². The molecule has 0 radical (unpaired) electrons. The maximum atomic E-state index is 13.9. The number of rotatable bonds is 7. The highest BCUT2D eigenvalue weighted by Gasteiger charge is 2.54. The molecule has 2 fully saturated rings. The Hall–Kier alpha value is -3.13. The third-order valence-corrected chi connectivity index (χ3v) is 7.02. The van der Waals surface area contributed by atoms with Crippen molar-refractivity contribution in [1.29, 1.82) is 0 Å². The van der Waals surface area contributed by atoms with Crippen LogP contribution >= 0.6 is 11.6 Å². The zero-order valence-electron chi connectivity index (χ0n) is 19.1. The number of benzene rings is 2. The lowest BCUT2D eigenvalue weighted by molar-refractivity contribution is -0.124. The lowest BCUT2D eigenvalue weighted by Gasteiger charge is -2.33. The van der Waals surface area contributed by atoms with E-state index in [0.717, 1.165) is 31.5 Å². The number of carbonyl (C=O) groups excluding carboxylic acids is 2. The van der Waals surface area contributed by atoms with Crippen LogP contribution in [0.4, 0.5) is 10.1 Å². The van der Waals surface area contributed by atoms with E-state index in [2.05, 4.69) is 15.2 Å². The predicted octanol–water partition coefficient (Wildman–Crippen LogP) is 4.77. The Balaban J connectivity index is 1.27. The monoisotopic (exact) mass is 493 g/mol. The van der Waals surface area contributed by atoms with Gasteiger partial charge in [0, 0.05) is 36.8 Å². The first-order valence-corrected chi connectivity index (χ1v) is 12.0. The minimum Gasteiger partial charge on any atom is -0.379 e. The van der Waals surface area contributed by atoms with E-state index >= 15 is 0 Å². The summed E-state index contributed by atoms with van der Waals surface area (Å²) in [4.78, 5) is 32.0. The SMILES string of the molecule is O=C(Cc1ccc(-c2cccnc2F)cc1)c1ccc(Cl)c(NC(=O)C2(N3CCOCC3)CC2)c1. The largest absolute Gasteiger partial charge is 0.379 e. The molecule has 2 aromatic carbocycles. The molecular weight excluding hydrogens is 469 g/mol. The smallest absolute Gasteiger partial charge is 0.244 e. The first-order chi connectivity index (χ1) is 17.0. The Labute approximate surface area is 208 Å². The first kappa shape index (κ1) is 23.6. The number of amides is 1. The minimum absolute atomic E-state index is 0.0934. The number of morpholine rings is 1. The minimum atomic E-state index is -0.534. The highest BCUT2D eigenvalue weighted by molar-refractivity contribution is 6.34. The van der Waals surface area contributed by atoms with Crippen molar-refractivity contribution in [3.8, 4) is 11.1 Å². The molecule has 180 valence electrons. The quantitative estimate of drug-likeness (QED) is 0.379. The molecule has 0 unspecified atom stereocenters. The van der Waals surface area contributed by atoms with Crippen LogP contribution in [0.15, 0.2) is 60.8 Å². The van der Waals surface area contributed by atoms with Gasteiger partial charge in [-0.25, -0.2) is 4.98 Å². The summed E-state index contributed by atoms with van der Waals surface area (Å²) < 4.78 is 19.4. The number of nitrogens with zero attached hydrogens (tertiary/aromatic N) is 2. The third-order valence-electron chi connectivity index (χ3n) is 6.69. The fraction of sp³-hybridized carbons (Fsp3) is 0.296. The Morgan fingerprint density at radius 1 is 1.09 bits per heavy atom. The molecule has 2 heterocycles. The number of hydrogen-bond donors (Lipinski definition) is 1. The molecule has 1 aliphatic carbocycles. The molecule has 1 saturated heterocycles. The number of ketones is 1. The van der Waals surface area contributed by atoms with Crippen molar-refractivity contribution in [3.05, 3.63) is 82.9 Å². The van der Waals surface area contributed by atoms with Crippen LogP contribution in [0.1, 0.15) is 28.8 Å². The molecular formula is C27H25ClFN3O3. The molecule has 1 aromatic heterocycles. The summed E-state index contributed by atoms with van der Waals surface area (Å²) in [6, 6.07) is 15.4. The van der Waals surface area contributed by atoms with Gasteiger partial charge in [0.15, 0.2) is 5.78 Å². The van der Waals surface area contributed by atoms with Crippen molar-refractivity contribution in [2.45, 2.75) is 24.8 Å². The molecule has 6 nitrogen and oxygen atoms in total. The van der Waals surface area contributed by atoms with E-state index in [1.807, 2.05) is 0 Å². The second kappa shape index (κ2) is 9.85. The summed E-state index contributed by atoms with van der Waals surface area (Å²) in [7, 11) is 0. The van der Waals surface area contributed by atoms with E-state index in [1.54, 1.807) is 54.6 Å². The lowest BCUT2D eigenvalue weighted by Crippen LogP contribution is -2.51. The van der Waals surface area contributed by atoms with E-state index in [0.29, 0.717) is 40.6 Å². The topological polar surface area (TPSA) is 71.5 Å². The number of ether oxygens (including phenoxy) is 1. The molecule has 1 saturated carbocycles. The number of halogens is 2. The van der Waals surface area contributed by atoms with Crippen LogP contribution in [0, 0.1) is 5.95 Å². The average molecular weight is 494 g/mol. The van der Waals surface area contributed by atoms with Crippen LogP contribution in [0.5, 0.6) is 0 Å². The zero-order chi connectivity index (χ0) is 24.4. The number of pyridine rings is 1. The van der Waals surface area contributed by atoms with E-state index in [4.69, 9.17) is 16.3 Å². The number of carbonyl (C=O) groups is 2. The zero-order valence-corrected chi connectivity index (χ0v) is 19.9. The van der Waals surface area contributed by atoms with Gasteiger partial charge in [-0.05, 0) is 54.3 Å². The third kappa shape index (κ3) is 4.98. The van der Waals surface area contributed by atoms with Gasteiger partial charge in [0.05, 0.1) is 23.9 Å². The summed E-state index contributed by atoms with van der Waals surface area (Å²) in [6.45, 7) is 2.70. The second-order valence-electron chi connectivity index (χ2n) is 8.92. The van der Waals surface area contributed by atoms with Crippen molar-refractivity contribution in [3.63, 3.8) is 0 Å². The second-order valence-corrected chi connectivity index (χ2v) is 9.33. The first-order valence-electron chi connectivity index (χ1n) is 11.6. The van der Waals surface area contributed by atoms with Crippen molar-refractivity contribution in [1.82, 2.24) is 9.88 Å². The van der Waals surface area contributed by atoms with Gasteiger partial charge < -0.3 is 10.1 Å². The maximum absolute atomic E-state index is 13.9. The highest BCUT2D eigenvalue weighted by Crippen LogP contribution is 2.43. The van der Waals surface area contributed by atoms with E-state index in [9.17, 15) is 14.0 Å². The molecule has 0 atom stereocenters. The average Bonchev–Trinajstić information content (AvgIpc) is 3.69. The maximum Gasteiger partial charge on any atom is 0.244 e. The Morgan fingerprint density at radius 2 is 1.83 bits per heavy atom. The standard InChI is InChI=1S/C27H25ClFN3O3/c28-22-8-7-20(17-23(22)31-26(34)27(9-10-27)32-12-14-35-15-13-32)24(33)16-18-3-5-19(6-4-18)21-2-1-11-30-25(21)29/h1-8,11,17H,9-10,12-16H2,(H,31,34). The van der Waals surface area contributed by atoms with Crippen LogP contribution in [0.3, 0.4) is 0 Å². The van der Waals surface area contributed by atoms with Crippen molar-refractivity contribution in [2.24, 2.45) is 0 Å². The van der Waals surface area contributed by atoms with E-state index in [1.165, 1.54) is 6.20 Å². The Morgan fingerprint density at radius 3 is 2.51 bits per heavy atom. The number of aromatic nitrogens is 1. The van der Waals surface area contributed by atoms with Gasteiger partial charge in [0.1, 0.15) is 5.54 Å². The number of Topliss-reactive ketones (excluding diaryl/α,β-unsaturated/α-hetero) is 1. The van der Waals surface area contributed by atoms with Gasteiger partial charge in [0.2, 0.25) is 11.9 Å². The summed E-state index contributed by atoms with van der Waals surface area (Å²) in [6.07, 6.45) is 3.17. The van der Waals surface area contributed by atoms with Gasteiger partial charge in [-0.3, -0.25) is 14.5 Å². The number of nitrogens with one attached hydrogen (secondary N) is 1. The Kier molecular flexibility index (Phi) is 6.65. The number of hydrogen-bond acceptors (Lipinski definition) is 5. The van der Waals surface area contributed by atoms with Crippen LogP contribution in [-0.4, -0.2) is 53.4 Å². The lowest BCUT2D eigenvalue weighted by atomic mass is 9.99. The predicted molar refractivity (Wildman–Crippen MR) is 132 cm³/mol. The van der Waals surface area contributed by atoms with Crippen molar-refractivity contribution in [2.75, 3.05) is 31.6 Å². The molecule has 0 spiro atoms. The normalized spacial score (nSPS) is 17.1. The van der Waals surface area contributed by atoms with Crippen LogP contribution in [0.2, 0.25) is 5.02 Å². The van der Waals surface area contributed by atoms with Gasteiger partial charge in [-0.1, -0.05) is 35.9 Å². The molecule has 1 N–H and O–H groups in total. The molecule has 1 amide bonds. The van der Waals surface area contributed by atoms with Gasteiger partial charge >= 0.3 is 0 Å². The van der Waals surface area contributed by atoms with Crippen LogP contribution < -0.4 is 5.32 Å². The van der Waals surface area contributed by atoms with Crippen molar-refractivity contribution < 1.29 is 18.7 Å². The van der Waals surface area contributed by atoms with Crippen LogP contribution in [0.25, 0.3) is 11.1 Å². The molecule has 2 aliphatic rings. The Bertz CT molecular complexity index is 1250. The van der Waals surface area contributed by atoms with Gasteiger partial charge in [-0.15, -0.1) is 0 Å². The number of anilines is 1. The molecule has 8 heteroatoms. The molecule has 0 bridgehead atoms. The summed E-state index contributed by atoms with van der Waals surface area (Å²) >= 11 is 6.35. The highest BCUT2D eigenvalue weighted by atomic mass is 35.5. The molecule has 35 heavy (non-hydrogen) atoms. The van der Waals surface area contributed by atoms with E-state index in [-0.39, 0.29) is 18.1 Å².